The van der Waals surface area contributed by atoms with Crippen LogP contribution in [0.2, 0.25) is 0 Å². The molecule has 3 aromatic carbocycles. The van der Waals surface area contributed by atoms with Gasteiger partial charge in [0.2, 0.25) is 0 Å². The summed E-state index contributed by atoms with van der Waals surface area (Å²) >= 11 is 0. The molecule has 1 aliphatic carbocycles. The van der Waals surface area contributed by atoms with Crippen molar-refractivity contribution in [3.63, 3.8) is 0 Å². The highest BCUT2D eigenvalue weighted by molar-refractivity contribution is 5.69. The van der Waals surface area contributed by atoms with Crippen LogP contribution in [0.5, 0.6) is 5.75 Å². The van der Waals surface area contributed by atoms with E-state index < -0.39 is 17.7 Å². The Kier molecular flexibility index (Phi) is 7.62. The molecule has 3 aromatic rings. The molecule has 0 saturated carbocycles. The molecule has 194 valence electrons. The normalized spacial score (nSPS) is 16.5. The lowest BCUT2D eigenvalue weighted by Gasteiger charge is -2.39. The van der Waals surface area contributed by atoms with Crippen LogP contribution in [-0.2, 0) is 23.4 Å². The predicted molar refractivity (Wildman–Crippen MR) is 147 cm³/mol. The van der Waals surface area contributed by atoms with Crippen LogP contribution in [0.15, 0.2) is 72.8 Å². The van der Waals surface area contributed by atoms with Crippen molar-refractivity contribution in [3.05, 3.63) is 106 Å². The van der Waals surface area contributed by atoms with Crippen molar-refractivity contribution in [3.8, 4) is 17.6 Å². The summed E-state index contributed by atoms with van der Waals surface area (Å²) in [5.74, 6) is 3.67. The Bertz CT molecular complexity index is 1390. The van der Waals surface area contributed by atoms with Gasteiger partial charge in [-0.3, -0.25) is 9.69 Å². The van der Waals surface area contributed by atoms with E-state index in [9.17, 15) is 9.18 Å². The number of hydrogen-bond donors (Lipinski definition) is 1. The lowest BCUT2D eigenvalue weighted by molar-refractivity contribution is -0.137. The van der Waals surface area contributed by atoms with Crippen LogP contribution in [0, 0.1) is 17.7 Å². The number of hydrogen-bond acceptors (Lipinski definition) is 3. The third-order valence-corrected chi connectivity index (χ3v) is 7.71. The maximum atomic E-state index is 14.7. The van der Waals surface area contributed by atoms with Crippen LogP contribution in [0.4, 0.5) is 4.39 Å². The molecule has 0 radical (unpaired) electrons. The average molecular weight is 510 g/mol. The second-order valence-electron chi connectivity index (χ2n) is 10.2. The van der Waals surface area contributed by atoms with Gasteiger partial charge in [-0.25, -0.2) is 4.39 Å². The monoisotopic (exact) mass is 509 g/mol. The minimum Gasteiger partial charge on any atom is -0.489 e. The standard InChI is InChI=1S/C33H32FNO3/c1-2-5-27(20-32(36)37)29-13-12-28(21-31(29)34)38-23-25-10-8-24(9-11-25)22-35-18-16-33(17-19-35)15-14-26-6-3-4-7-30(26)33/h3-4,6-15,21,27H,16-20,22-23H2,1H3,(H,36,37)/t27-/m1/s1. The van der Waals surface area contributed by atoms with Crippen LogP contribution in [-0.4, -0.2) is 29.1 Å². The van der Waals surface area contributed by atoms with Gasteiger partial charge in [0.15, 0.2) is 0 Å². The first kappa shape index (κ1) is 25.8. The first-order valence-corrected chi connectivity index (χ1v) is 13.1. The van der Waals surface area contributed by atoms with Crippen molar-refractivity contribution in [2.45, 2.75) is 50.7 Å². The fraction of sp³-hybridized carbons (Fsp3) is 0.303. The SMILES string of the molecule is CC#C[C@H](CC(=O)O)c1ccc(OCc2ccc(CN3CCC4(C=Cc5ccccc54)CC3)cc2)cc1F. The van der Waals surface area contributed by atoms with Gasteiger partial charge in [-0.05, 0) is 61.2 Å². The van der Waals surface area contributed by atoms with Gasteiger partial charge in [0.25, 0.3) is 0 Å². The molecular formula is C33H32FNO3. The predicted octanol–water partition coefficient (Wildman–Crippen LogP) is 6.55. The molecule has 1 N–H and O–H groups in total. The number of carboxylic acids is 1. The van der Waals surface area contributed by atoms with E-state index in [1.54, 1.807) is 19.1 Å². The first-order chi connectivity index (χ1) is 18.5. The number of benzene rings is 3. The number of fused-ring (bicyclic) bond motifs is 2. The minimum atomic E-state index is -1.01. The molecule has 0 aromatic heterocycles. The Morgan fingerprint density at radius 2 is 1.82 bits per heavy atom. The Morgan fingerprint density at radius 3 is 2.53 bits per heavy atom. The molecule has 1 fully saturated rings. The largest absolute Gasteiger partial charge is 0.489 e. The van der Waals surface area contributed by atoms with E-state index in [0.29, 0.717) is 12.4 Å². The van der Waals surface area contributed by atoms with Gasteiger partial charge >= 0.3 is 5.97 Å². The highest BCUT2D eigenvalue weighted by Crippen LogP contribution is 2.43. The number of allylic oxidation sites excluding steroid dienone is 1. The summed E-state index contributed by atoms with van der Waals surface area (Å²) in [6.07, 6.45) is 6.74. The lowest BCUT2D eigenvalue weighted by Crippen LogP contribution is -2.40. The fourth-order valence-corrected chi connectivity index (χ4v) is 5.61. The Hall–Kier alpha value is -3.88. The second kappa shape index (κ2) is 11.2. The van der Waals surface area contributed by atoms with Gasteiger partial charge in [0, 0.05) is 23.6 Å². The molecule has 1 spiro atoms. The van der Waals surface area contributed by atoms with Crippen LogP contribution >= 0.6 is 0 Å². The van der Waals surface area contributed by atoms with Crippen molar-refractivity contribution in [2.24, 2.45) is 0 Å². The van der Waals surface area contributed by atoms with Gasteiger partial charge < -0.3 is 9.84 Å². The van der Waals surface area contributed by atoms with Crippen molar-refractivity contribution >= 4 is 12.0 Å². The lowest BCUT2D eigenvalue weighted by atomic mass is 9.74. The van der Waals surface area contributed by atoms with Crippen LogP contribution in [0.3, 0.4) is 0 Å². The molecule has 1 saturated heterocycles. The van der Waals surface area contributed by atoms with Crippen molar-refractivity contribution < 1.29 is 19.0 Å². The molecular weight excluding hydrogens is 477 g/mol. The van der Waals surface area contributed by atoms with Crippen molar-refractivity contribution in [1.82, 2.24) is 4.90 Å². The molecule has 5 heteroatoms. The number of rotatable bonds is 8. The van der Waals surface area contributed by atoms with E-state index in [1.807, 2.05) is 0 Å². The van der Waals surface area contributed by atoms with E-state index in [4.69, 9.17) is 9.84 Å². The number of halogens is 1. The van der Waals surface area contributed by atoms with Gasteiger partial charge in [-0.15, -0.1) is 5.92 Å². The number of ether oxygens (including phenoxy) is 1. The van der Waals surface area contributed by atoms with Crippen molar-refractivity contribution in [1.29, 1.82) is 0 Å². The average Bonchev–Trinajstić information content (AvgIpc) is 3.27. The minimum absolute atomic E-state index is 0.201. The maximum Gasteiger partial charge on any atom is 0.304 e. The second-order valence-corrected chi connectivity index (χ2v) is 10.2. The van der Waals surface area contributed by atoms with Crippen LogP contribution in [0.1, 0.15) is 59.9 Å². The van der Waals surface area contributed by atoms with E-state index in [1.165, 1.54) is 22.8 Å². The van der Waals surface area contributed by atoms with E-state index in [0.717, 1.165) is 38.0 Å². The molecule has 1 atom stereocenters. The zero-order chi connectivity index (χ0) is 26.5. The number of nitrogens with zero attached hydrogens (tertiary/aromatic N) is 1. The van der Waals surface area contributed by atoms with Gasteiger partial charge in [0.1, 0.15) is 18.2 Å². The van der Waals surface area contributed by atoms with Crippen LogP contribution in [0.25, 0.3) is 6.08 Å². The Labute approximate surface area is 223 Å². The van der Waals surface area contributed by atoms with E-state index >= 15 is 0 Å². The quantitative estimate of drug-likeness (QED) is 0.350. The summed E-state index contributed by atoms with van der Waals surface area (Å²) in [6, 6.07) is 21.7. The van der Waals surface area contributed by atoms with Gasteiger partial charge in [0.05, 0.1) is 12.3 Å². The van der Waals surface area contributed by atoms with Gasteiger partial charge in [-0.2, -0.15) is 0 Å². The van der Waals surface area contributed by atoms with Crippen molar-refractivity contribution in [2.75, 3.05) is 13.1 Å². The number of carboxylic acid groups (broad SMARTS) is 1. The first-order valence-electron chi connectivity index (χ1n) is 13.1. The number of carbonyl (C=O) groups is 1. The zero-order valence-corrected chi connectivity index (χ0v) is 21.6. The Morgan fingerprint density at radius 1 is 1.08 bits per heavy atom. The molecule has 2 aliphatic rings. The molecule has 0 amide bonds. The molecule has 0 bridgehead atoms. The zero-order valence-electron chi connectivity index (χ0n) is 21.6. The maximum absolute atomic E-state index is 14.7. The third-order valence-electron chi connectivity index (χ3n) is 7.71. The summed E-state index contributed by atoms with van der Waals surface area (Å²) in [7, 11) is 0. The summed E-state index contributed by atoms with van der Waals surface area (Å²) in [5.41, 5.74) is 5.59. The third kappa shape index (κ3) is 5.66. The highest BCUT2D eigenvalue weighted by Gasteiger charge is 2.37. The number of piperidine rings is 1. The topological polar surface area (TPSA) is 49.8 Å². The van der Waals surface area contributed by atoms with Gasteiger partial charge in [-0.1, -0.05) is 72.7 Å². The fourth-order valence-electron chi connectivity index (χ4n) is 5.61. The summed E-state index contributed by atoms with van der Waals surface area (Å²) in [4.78, 5) is 13.6. The number of likely N-dealkylation sites (tertiary alicyclic amines) is 1. The molecule has 1 aliphatic heterocycles. The summed E-state index contributed by atoms with van der Waals surface area (Å²) < 4.78 is 20.5. The molecule has 4 nitrogen and oxygen atoms in total. The molecule has 5 rings (SSSR count). The van der Waals surface area contributed by atoms with E-state index in [2.05, 4.69) is 77.4 Å². The summed E-state index contributed by atoms with van der Waals surface area (Å²) in [5, 5.41) is 9.09. The highest BCUT2D eigenvalue weighted by atomic mass is 19.1. The van der Waals surface area contributed by atoms with Crippen LogP contribution < -0.4 is 4.74 Å². The molecule has 0 unspecified atom stereocenters. The molecule has 1 heterocycles. The summed E-state index contributed by atoms with van der Waals surface area (Å²) in [6.45, 7) is 5.01. The molecule has 38 heavy (non-hydrogen) atoms. The number of aliphatic carboxylic acids is 1. The van der Waals surface area contributed by atoms with E-state index in [-0.39, 0.29) is 17.4 Å². The smallest absolute Gasteiger partial charge is 0.304 e. The Balaban J connectivity index is 1.13.